The second kappa shape index (κ2) is 4.94. The third-order valence-electron chi connectivity index (χ3n) is 4.71. The molecular weight excluding hydrogens is 324 g/mol. The maximum absolute atomic E-state index is 12.2. The lowest BCUT2D eigenvalue weighted by molar-refractivity contribution is 0.0945. The fraction of sp³-hybridized carbons (Fsp3) is 0.312. The van der Waals surface area contributed by atoms with Crippen LogP contribution in [0.2, 0.25) is 0 Å². The van der Waals surface area contributed by atoms with Gasteiger partial charge in [-0.05, 0) is 18.8 Å². The smallest absolute Gasteiger partial charge is 0.273 e. The summed E-state index contributed by atoms with van der Waals surface area (Å²) in [7, 11) is 0. The fourth-order valence-electron chi connectivity index (χ4n) is 2.90. The normalized spacial score (nSPS) is 23.6. The largest absolute Gasteiger partial charge is 0.344 e. The first-order valence-corrected chi connectivity index (χ1v) is 8.65. The molecule has 2 saturated carbocycles. The molecule has 2 aliphatic carbocycles. The second-order valence-electron chi connectivity index (χ2n) is 6.31. The van der Waals surface area contributed by atoms with Crippen LogP contribution in [-0.4, -0.2) is 31.1 Å². The van der Waals surface area contributed by atoms with Crippen LogP contribution < -0.4 is 5.32 Å². The molecule has 0 spiro atoms. The highest BCUT2D eigenvalue weighted by molar-refractivity contribution is 7.14. The maximum atomic E-state index is 12.2. The highest BCUT2D eigenvalue weighted by Crippen LogP contribution is 2.72. The Morgan fingerprint density at radius 1 is 1.25 bits per heavy atom. The van der Waals surface area contributed by atoms with Crippen molar-refractivity contribution in [1.82, 2.24) is 30.5 Å². The summed E-state index contributed by atoms with van der Waals surface area (Å²) in [5, 5.41) is 20.8. The molecule has 0 saturated heterocycles. The zero-order valence-electron chi connectivity index (χ0n) is 12.7. The molecule has 0 bridgehead atoms. The fourth-order valence-corrected chi connectivity index (χ4v) is 3.69. The van der Waals surface area contributed by atoms with Crippen molar-refractivity contribution in [3.05, 3.63) is 47.2 Å². The summed E-state index contributed by atoms with van der Waals surface area (Å²) in [6.07, 6.45) is 4.09. The number of carbonyl (C=O) groups is 1. The number of amides is 1. The van der Waals surface area contributed by atoms with Crippen molar-refractivity contribution < 1.29 is 4.79 Å². The van der Waals surface area contributed by atoms with Crippen molar-refractivity contribution in [2.24, 2.45) is 5.92 Å². The molecule has 2 aromatic heterocycles. The van der Waals surface area contributed by atoms with Gasteiger partial charge in [0.2, 0.25) is 0 Å². The van der Waals surface area contributed by atoms with E-state index >= 15 is 0 Å². The number of rotatable bonds is 5. The van der Waals surface area contributed by atoms with E-state index in [1.165, 1.54) is 24.2 Å². The number of carbonyl (C=O) groups excluding carboxylic acids is 1. The van der Waals surface area contributed by atoms with E-state index in [-0.39, 0.29) is 11.4 Å². The van der Waals surface area contributed by atoms with Gasteiger partial charge in [0.25, 0.3) is 5.91 Å². The zero-order valence-corrected chi connectivity index (χ0v) is 13.5. The molecule has 1 N–H and O–H groups in total. The number of hydrogen-bond donors (Lipinski definition) is 1. The van der Waals surface area contributed by atoms with E-state index in [1.54, 1.807) is 6.20 Å². The number of hydrogen-bond acceptors (Lipinski definition) is 6. The van der Waals surface area contributed by atoms with E-state index in [0.717, 1.165) is 21.5 Å². The molecular formula is C16H14N6OS. The van der Waals surface area contributed by atoms with Gasteiger partial charge in [0.1, 0.15) is 10.0 Å². The highest BCUT2D eigenvalue weighted by atomic mass is 32.1. The van der Waals surface area contributed by atoms with E-state index < -0.39 is 0 Å². The Labute approximate surface area is 141 Å². The number of nitrogens with zero attached hydrogens (tertiary/aromatic N) is 5. The number of benzene rings is 1. The van der Waals surface area contributed by atoms with Crippen molar-refractivity contribution in [3.63, 3.8) is 0 Å². The second-order valence-corrected chi connectivity index (χ2v) is 7.37. The molecule has 0 unspecified atom stereocenters. The molecule has 24 heavy (non-hydrogen) atoms. The standard InChI is InChI=1S/C16H14N6OS/c23-14(12-9-22(21-18-12)16-6-11(16)7-16)17-8-13-19-20-15(24-13)10-4-2-1-3-5-10/h1-5,9,11H,6-8H2,(H,17,23). The minimum atomic E-state index is -0.230. The van der Waals surface area contributed by atoms with Gasteiger partial charge in [-0.1, -0.05) is 46.9 Å². The van der Waals surface area contributed by atoms with Crippen LogP contribution in [0, 0.1) is 5.92 Å². The van der Waals surface area contributed by atoms with Crippen molar-refractivity contribution in [3.8, 4) is 10.6 Å². The van der Waals surface area contributed by atoms with Crippen LogP contribution in [0.15, 0.2) is 36.5 Å². The summed E-state index contributed by atoms with van der Waals surface area (Å²) < 4.78 is 1.85. The Morgan fingerprint density at radius 2 is 2.04 bits per heavy atom. The Bertz CT molecular complexity index is 912. The van der Waals surface area contributed by atoms with Gasteiger partial charge >= 0.3 is 0 Å². The molecule has 1 amide bonds. The quantitative estimate of drug-likeness (QED) is 0.767. The van der Waals surface area contributed by atoms with E-state index in [9.17, 15) is 4.79 Å². The molecule has 0 atom stereocenters. The van der Waals surface area contributed by atoms with Crippen LogP contribution in [-0.2, 0) is 12.1 Å². The summed E-state index contributed by atoms with van der Waals surface area (Å²) in [5.74, 6) is 0.528. The van der Waals surface area contributed by atoms with Gasteiger partial charge in [-0.25, -0.2) is 4.68 Å². The Kier molecular flexibility index (Phi) is 2.84. The molecule has 8 heteroatoms. The van der Waals surface area contributed by atoms with E-state index in [2.05, 4.69) is 25.8 Å². The third kappa shape index (κ3) is 2.22. The third-order valence-corrected chi connectivity index (χ3v) is 5.68. The minimum Gasteiger partial charge on any atom is -0.344 e. The minimum absolute atomic E-state index is 0.204. The molecule has 120 valence electrons. The van der Waals surface area contributed by atoms with Crippen LogP contribution in [0.5, 0.6) is 0 Å². The summed E-state index contributed by atoms with van der Waals surface area (Å²) >= 11 is 1.47. The lowest BCUT2D eigenvalue weighted by Crippen LogP contribution is -2.23. The van der Waals surface area contributed by atoms with Crippen molar-refractivity contribution in [2.45, 2.75) is 24.9 Å². The molecule has 0 aliphatic heterocycles. The Balaban J connectivity index is 1.23. The van der Waals surface area contributed by atoms with E-state index in [0.29, 0.717) is 12.2 Å². The van der Waals surface area contributed by atoms with Crippen molar-refractivity contribution >= 4 is 17.2 Å². The van der Waals surface area contributed by atoms with Crippen molar-refractivity contribution in [2.75, 3.05) is 0 Å². The maximum Gasteiger partial charge on any atom is 0.273 e. The first kappa shape index (κ1) is 13.8. The van der Waals surface area contributed by atoms with Gasteiger partial charge in [0.05, 0.1) is 18.3 Å². The molecule has 3 aromatic rings. The zero-order chi connectivity index (χ0) is 16.1. The number of aromatic nitrogens is 5. The van der Waals surface area contributed by atoms with E-state index in [4.69, 9.17) is 0 Å². The predicted octanol–water partition coefficient (Wildman–Crippen LogP) is 1.85. The van der Waals surface area contributed by atoms with Crippen LogP contribution >= 0.6 is 11.3 Å². The van der Waals surface area contributed by atoms with Gasteiger partial charge in [-0.2, -0.15) is 0 Å². The summed E-state index contributed by atoms with van der Waals surface area (Å²) in [4.78, 5) is 12.2. The molecule has 2 fully saturated rings. The summed E-state index contributed by atoms with van der Waals surface area (Å²) in [6, 6.07) is 9.87. The molecule has 5 rings (SSSR count). The van der Waals surface area contributed by atoms with Gasteiger partial charge in [0.15, 0.2) is 5.69 Å². The van der Waals surface area contributed by atoms with Crippen LogP contribution in [0.3, 0.4) is 0 Å². The molecule has 7 nitrogen and oxygen atoms in total. The molecule has 1 aromatic carbocycles. The van der Waals surface area contributed by atoms with E-state index in [1.807, 2.05) is 35.0 Å². The van der Waals surface area contributed by atoms with Gasteiger partial charge in [0, 0.05) is 5.56 Å². The molecule has 2 heterocycles. The van der Waals surface area contributed by atoms with Crippen LogP contribution in [0.25, 0.3) is 10.6 Å². The first-order chi connectivity index (χ1) is 11.7. The molecule has 0 radical (unpaired) electrons. The van der Waals surface area contributed by atoms with Crippen molar-refractivity contribution in [1.29, 1.82) is 0 Å². The van der Waals surface area contributed by atoms with Crippen LogP contribution in [0.1, 0.15) is 28.3 Å². The number of nitrogens with one attached hydrogen (secondary N) is 1. The lowest BCUT2D eigenvalue weighted by atomic mass is 10.2. The molecule has 2 aliphatic rings. The van der Waals surface area contributed by atoms with Gasteiger partial charge in [-0.3, -0.25) is 4.79 Å². The predicted molar refractivity (Wildman–Crippen MR) is 87.2 cm³/mol. The topological polar surface area (TPSA) is 85.6 Å². The summed E-state index contributed by atoms with van der Waals surface area (Å²) in [5.41, 5.74) is 1.59. The average molecular weight is 338 g/mol. The van der Waals surface area contributed by atoms with Gasteiger partial charge < -0.3 is 5.32 Å². The Morgan fingerprint density at radius 3 is 2.79 bits per heavy atom. The van der Waals surface area contributed by atoms with Gasteiger partial charge in [-0.15, -0.1) is 15.3 Å². The number of fused-ring (bicyclic) bond motifs is 1. The Hall–Kier alpha value is -2.61. The average Bonchev–Trinajstić information content (AvgIpc) is 3.30. The highest BCUT2D eigenvalue weighted by Gasteiger charge is 2.72. The lowest BCUT2D eigenvalue weighted by Gasteiger charge is -2.00. The summed E-state index contributed by atoms with van der Waals surface area (Å²) in [6.45, 7) is 0.337. The first-order valence-electron chi connectivity index (χ1n) is 7.83. The monoisotopic (exact) mass is 338 g/mol. The van der Waals surface area contributed by atoms with Crippen LogP contribution in [0.4, 0.5) is 0 Å². The SMILES string of the molecule is O=C(NCc1nnc(-c2ccccc2)s1)c1cn(C23CC2C3)nn1.